The van der Waals surface area contributed by atoms with Crippen molar-refractivity contribution in [3.63, 3.8) is 0 Å². The summed E-state index contributed by atoms with van der Waals surface area (Å²) in [5.41, 5.74) is -0.665. The summed E-state index contributed by atoms with van der Waals surface area (Å²) in [5.74, 6) is -0.681. The van der Waals surface area contributed by atoms with Crippen LogP contribution >= 0.6 is 0 Å². The fraction of sp³-hybridized carbons (Fsp3) is 0.500. The van der Waals surface area contributed by atoms with Gasteiger partial charge >= 0.3 is 7.12 Å². The Labute approximate surface area is 106 Å². The van der Waals surface area contributed by atoms with Gasteiger partial charge in [0.15, 0.2) is 6.29 Å². The first-order valence-corrected chi connectivity index (χ1v) is 5.73. The number of carbonyl (C=O) groups is 1. The van der Waals surface area contributed by atoms with Gasteiger partial charge in [0, 0.05) is 17.2 Å². The molecule has 0 radical (unpaired) electrons. The minimum absolute atomic E-state index is 0.151. The van der Waals surface area contributed by atoms with Gasteiger partial charge in [-0.15, -0.1) is 0 Å². The smallest absolute Gasteiger partial charge is 0.399 e. The monoisotopic (exact) mass is 251 g/mol. The second-order valence-electron chi connectivity index (χ2n) is 5.35. The lowest BCUT2D eigenvalue weighted by Crippen LogP contribution is -2.41. The van der Waals surface area contributed by atoms with Crippen LogP contribution < -0.4 is 5.46 Å². The van der Waals surface area contributed by atoms with E-state index in [0.29, 0.717) is 11.8 Å². The molecule has 0 saturated carbocycles. The average molecular weight is 251 g/mol. The Hall–Kier alpha value is -1.27. The summed E-state index contributed by atoms with van der Waals surface area (Å²) in [6, 6.07) is 1.40. The molecule has 96 valence electrons. The number of carbonyl (C=O) groups excluding carboxylic acids is 1. The summed E-state index contributed by atoms with van der Waals surface area (Å²) in [4.78, 5) is 14.2. The summed E-state index contributed by atoms with van der Waals surface area (Å²) in [5, 5.41) is 0. The van der Waals surface area contributed by atoms with Gasteiger partial charge in [0.25, 0.3) is 0 Å². The van der Waals surface area contributed by atoms with E-state index in [1.54, 1.807) is 0 Å². The van der Waals surface area contributed by atoms with E-state index in [2.05, 4.69) is 4.98 Å². The summed E-state index contributed by atoms with van der Waals surface area (Å²) >= 11 is 0. The van der Waals surface area contributed by atoms with Gasteiger partial charge in [-0.1, -0.05) is 0 Å². The van der Waals surface area contributed by atoms with E-state index in [0.717, 1.165) is 0 Å². The summed E-state index contributed by atoms with van der Waals surface area (Å²) in [6.45, 7) is 7.51. The molecule has 0 aromatic carbocycles. The van der Waals surface area contributed by atoms with Crippen LogP contribution in [0.2, 0.25) is 0 Å². The highest BCUT2D eigenvalue weighted by Gasteiger charge is 2.52. The van der Waals surface area contributed by atoms with Gasteiger partial charge in [-0.25, -0.2) is 4.98 Å². The molecular weight excluding hydrogens is 236 g/mol. The topological polar surface area (TPSA) is 48.4 Å². The lowest BCUT2D eigenvalue weighted by molar-refractivity contribution is 0.00578. The van der Waals surface area contributed by atoms with Gasteiger partial charge in [-0.3, -0.25) is 4.79 Å². The zero-order valence-corrected chi connectivity index (χ0v) is 10.9. The third-order valence-electron chi connectivity index (χ3n) is 3.53. The number of hydrogen-bond acceptors (Lipinski definition) is 4. The van der Waals surface area contributed by atoms with Crippen LogP contribution in [0.3, 0.4) is 0 Å². The van der Waals surface area contributed by atoms with Crippen LogP contribution in [0.1, 0.15) is 38.1 Å². The highest BCUT2D eigenvalue weighted by atomic mass is 19.1. The number of pyridine rings is 1. The van der Waals surface area contributed by atoms with Gasteiger partial charge in [-0.2, -0.15) is 4.39 Å². The van der Waals surface area contributed by atoms with Crippen LogP contribution in [-0.4, -0.2) is 29.6 Å². The maximum atomic E-state index is 13.7. The second-order valence-corrected chi connectivity index (χ2v) is 5.35. The predicted molar refractivity (Wildman–Crippen MR) is 65.3 cm³/mol. The van der Waals surface area contributed by atoms with E-state index in [1.807, 2.05) is 27.7 Å². The molecule has 1 fully saturated rings. The fourth-order valence-electron chi connectivity index (χ4n) is 1.68. The summed E-state index contributed by atoms with van der Waals surface area (Å²) < 4.78 is 25.1. The fourth-order valence-corrected chi connectivity index (χ4v) is 1.68. The van der Waals surface area contributed by atoms with Crippen LogP contribution in [0.5, 0.6) is 0 Å². The minimum atomic E-state index is -0.845. The Morgan fingerprint density at radius 1 is 1.28 bits per heavy atom. The number of aldehydes is 1. The van der Waals surface area contributed by atoms with Crippen LogP contribution in [-0.2, 0) is 9.31 Å². The first kappa shape index (κ1) is 13.2. The van der Waals surface area contributed by atoms with Crippen molar-refractivity contribution in [3.05, 3.63) is 23.8 Å². The number of rotatable bonds is 2. The molecule has 0 atom stereocenters. The van der Waals surface area contributed by atoms with Gasteiger partial charge in [0.05, 0.1) is 11.2 Å². The molecule has 0 spiro atoms. The second kappa shape index (κ2) is 4.14. The average Bonchev–Trinajstić information content (AvgIpc) is 2.48. The molecule has 2 rings (SSSR count). The van der Waals surface area contributed by atoms with Crippen molar-refractivity contribution < 1.29 is 18.5 Å². The molecule has 1 saturated heterocycles. The van der Waals surface area contributed by atoms with Gasteiger partial charge in [0.2, 0.25) is 5.95 Å². The highest BCUT2D eigenvalue weighted by molar-refractivity contribution is 6.62. The first-order valence-electron chi connectivity index (χ1n) is 5.73. The van der Waals surface area contributed by atoms with Gasteiger partial charge < -0.3 is 9.31 Å². The molecule has 2 heterocycles. The van der Waals surface area contributed by atoms with E-state index >= 15 is 0 Å². The van der Waals surface area contributed by atoms with E-state index in [-0.39, 0.29) is 5.46 Å². The maximum Gasteiger partial charge on any atom is 0.499 e. The molecule has 6 heteroatoms. The molecule has 0 unspecified atom stereocenters. The van der Waals surface area contributed by atoms with Crippen molar-refractivity contribution in [2.75, 3.05) is 0 Å². The molecule has 0 N–H and O–H groups in total. The van der Waals surface area contributed by atoms with Crippen molar-refractivity contribution in [3.8, 4) is 0 Å². The minimum Gasteiger partial charge on any atom is -0.399 e. The maximum absolute atomic E-state index is 13.7. The van der Waals surface area contributed by atoms with E-state index in [1.165, 1.54) is 12.3 Å². The number of halogens is 1. The normalized spacial score (nSPS) is 21.1. The standard InChI is InChI=1S/C12H15BFNO3/c1-11(2)12(3,4)18-13(17-11)9-5-8(7-16)6-15-10(9)14/h5-7H,1-4H3. The van der Waals surface area contributed by atoms with Crippen molar-refractivity contribution in [1.29, 1.82) is 0 Å². The number of nitrogens with zero attached hydrogens (tertiary/aromatic N) is 1. The predicted octanol–water partition coefficient (Wildman–Crippen LogP) is 1.33. The third kappa shape index (κ3) is 2.06. The Kier molecular flexibility index (Phi) is 3.03. The molecule has 1 aromatic rings. The lowest BCUT2D eigenvalue weighted by Gasteiger charge is -2.32. The zero-order chi connectivity index (χ0) is 13.6. The third-order valence-corrected chi connectivity index (χ3v) is 3.53. The van der Waals surface area contributed by atoms with Crippen LogP contribution in [0.25, 0.3) is 0 Å². The molecule has 1 aromatic heterocycles. The van der Waals surface area contributed by atoms with Crippen molar-refractivity contribution in [1.82, 2.24) is 4.98 Å². The molecule has 4 nitrogen and oxygen atoms in total. The molecule has 1 aliphatic rings. The lowest BCUT2D eigenvalue weighted by atomic mass is 9.79. The molecule has 1 aliphatic heterocycles. The first-order chi connectivity index (χ1) is 8.27. The van der Waals surface area contributed by atoms with E-state index < -0.39 is 24.3 Å². The highest BCUT2D eigenvalue weighted by Crippen LogP contribution is 2.36. The largest absolute Gasteiger partial charge is 0.499 e. The van der Waals surface area contributed by atoms with E-state index in [9.17, 15) is 9.18 Å². The van der Waals surface area contributed by atoms with Crippen LogP contribution in [0.4, 0.5) is 4.39 Å². The summed E-state index contributed by atoms with van der Waals surface area (Å²) in [6.07, 6.45) is 1.79. The zero-order valence-electron chi connectivity index (χ0n) is 10.9. The van der Waals surface area contributed by atoms with Crippen molar-refractivity contribution in [2.24, 2.45) is 0 Å². The SMILES string of the molecule is CC1(C)OB(c2cc(C=O)cnc2F)OC1(C)C. The van der Waals surface area contributed by atoms with Crippen LogP contribution in [0, 0.1) is 5.95 Å². The molecule has 0 amide bonds. The van der Waals surface area contributed by atoms with Gasteiger partial charge in [0.1, 0.15) is 0 Å². The summed E-state index contributed by atoms with van der Waals surface area (Å²) in [7, 11) is -0.845. The molecule has 0 aliphatic carbocycles. The Morgan fingerprint density at radius 3 is 2.33 bits per heavy atom. The van der Waals surface area contributed by atoms with Gasteiger partial charge in [-0.05, 0) is 33.8 Å². The molecule has 0 bridgehead atoms. The molecular formula is C12H15BFNO3. The Balaban J connectivity index is 2.37. The molecule has 18 heavy (non-hydrogen) atoms. The van der Waals surface area contributed by atoms with Crippen molar-refractivity contribution >= 4 is 18.9 Å². The number of hydrogen-bond donors (Lipinski definition) is 0. The quantitative estimate of drug-likeness (QED) is 0.452. The Morgan fingerprint density at radius 2 is 1.83 bits per heavy atom. The Bertz CT molecular complexity index is 474. The number of aromatic nitrogens is 1. The van der Waals surface area contributed by atoms with E-state index in [4.69, 9.17) is 9.31 Å². The van der Waals surface area contributed by atoms with Crippen molar-refractivity contribution in [2.45, 2.75) is 38.9 Å². The van der Waals surface area contributed by atoms with Crippen LogP contribution in [0.15, 0.2) is 12.3 Å².